The number of amides is 1. The van der Waals surface area contributed by atoms with Gasteiger partial charge in [0.15, 0.2) is 0 Å². The number of rotatable bonds is 6. The summed E-state index contributed by atoms with van der Waals surface area (Å²) >= 11 is 0. The number of benzene rings is 1. The highest BCUT2D eigenvalue weighted by molar-refractivity contribution is 5.78. The molecule has 6 heteroatoms. The molecule has 3 fully saturated rings. The largest absolute Gasteiger partial charge is 0.337 e. The predicted molar refractivity (Wildman–Crippen MR) is 110 cm³/mol. The first-order chi connectivity index (χ1) is 14.1. The van der Waals surface area contributed by atoms with E-state index >= 15 is 0 Å². The van der Waals surface area contributed by atoms with Crippen molar-refractivity contribution >= 4 is 5.91 Å². The second-order valence-electron chi connectivity index (χ2n) is 8.50. The van der Waals surface area contributed by atoms with Gasteiger partial charge in [0.25, 0.3) is 0 Å². The smallest absolute Gasteiger partial charge is 0.237 e. The van der Waals surface area contributed by atoms with E-state index in [1.807, 2.05) is 37.5 Å². The molecule has 29 heavy (non-hydrogen) atoms. The standard InChI is InChI=1S/C23H29FN4O/c1-26(12-19-3-2-10-25-11-19)17-23(29)28-15-20-6-9-22(28)16-27(14-20)13-18-4-7-21(24)8-5-18/h2-5,7-8,10-11,20,22H,6,9,12-17H2,1H3/t20-,22+/m0/s1. The molecule has 0 unspecified atom stereocenters. The Balaban J connectivity index is 1.35. The predicted octanol–water partition coefficient (Wildman–Crippen LogP) is 2.78. The molecule has 0 radical (unpaired) electrons. The summed E-state index contributed by atoms with van der Waals surface area (Å²) in [5.74, 6) is 0.536. The van der Waals surface area contributed by atoms with Crippen LogP contribution in [0.25, 0.3) is 0 Å². The molecule has 2 aromatic rings. The third-order valence-corrected chi connectivity index (χ3v) is 6.01. The Hall–Kier alpha value is -2.31. The van der Waals surface area contributed by atoms with Crippen molar-refractivity contribution in [1.82, 2.24) is 19.7 Å². The highest BCUT2D eigenvalue weighted by atomic mass is 19.1. The van der Waals surface area contributed by atoms with Gasteiger partial charge in [0.1, 0.15) is 5.82 Å². The minimum Gasteiger partial charge on any atom is -0.337 e. The fourth-order valence-electron chi connectivity index (χ4n) is 4.64. The molecule has 0 spiro atoms. The van der Waals surface area contributed by atoms with E-state index in [1.54, 1.807) is 6.20 Å². The van der Waals surface area contributed by atoms with Crippen LogP contribution in [0.15, 0.2) is 48.8 Å². The van der Waals surface area contributed by atoms with Gasteiger partial charge in [-0.3, -0.25) is 19.6 Å². The Kier molecular flexibility index (Phi) is 6.21. The van der Waals surface area contributed by atoms with Gasteiger partial charge in [-0.05, 0) is 55.1 Å². The zero-order chi connectivity index (χ0) is 20.2. The van der Waals surface area contributed by atoms with E-state index in [0.29, 0.717) is 12.5 Å². The Morgan fingerprint density at radius 2 is 1.97 bits per heavy atom. The molecule has 5 nitrogen and oxygen atoms in total. The number of carbonyl (C=O) groups is 1. The average Bonchev–Trinajstić information content (AvgIpc) is 3.01. The van der Waals surface area contributed by atoms with E-state index < -0.39 is 0 Å². The van der Waals surface area contributed by atoms with Gasteiger partial charge in [-0.25, -0.2) is 4.39 Å². The Bertz CT molecular complexity index is 813. The third-order valence-electron chi connectivity index (χ3n) is 6.01. The maximum atomic E-state index is 13.2. The van der Waals surface area contributed by atoms with Crippen molar-refractivity contribution < 1.29 is 9.18 Å². The van der Waals surface area contributed by atoms with Crippen LogP contribution >= 0.6 is 0 Å². The van der Waals surface area contributed by atoms with Gasteiger partial charge in [-0.1, -0.05) is 18.2 Å². The number of pyridine rings is 1. The van der Waals surface area contributed by atoms with Crippen molar-refractivity contribution in [1.29, 1.82) is 0 Å². The van der Waals surface area contributed by atoms with Crippen molar-refractivity contribution in [2.45, 2.75) is 32.0 Å². The number of nitrogens with zero attached hydrogens (tertiary/aromatic N) is 4. The van der Waals surface area contributed by atoms with Crippen molar-refractivity contribution in [2.24, 2.45) is 5.92 Å². The quantitative estimate of drug-likeness (QED) is 0.753. The number of likely N-dealkylation sites (N-methyl/N-ethyl adjacent to an activating group) is 1. The van der Waals surface area contributed by atoms with Gasteiger partial charge in [0.2, 0.25) is 5.91 Å². The lowest BCUT2D eigenvalue weighted by molar-refractivity contribution is -0.136. The lowest BCUT2D eigenvalue weighted by Crippen LogP contribution is -2.50. The number of carbonyl (C=O) groups excluding carboxylic acids is 1. The van der Waals surface area contributed by atoms with Gasteiger partial charge in [-0.2, -0.15) is 0 Å². The average molecular weight is 397 g/mol. The van der Waals surface area contributed by atoms with Crippen LogP contribution in [-0.2, 0) is 17.9 Å². The van der Waals surface area contributed by atoms with Crippen LogP contribution < -0.4 is 0 Å². The molecule has 0 N–H and O–H groups in total. The van der Waals surface area contributed by atoms with Crippen molar-refractivity contribution in [3.8, 4) is 0 Å². The van der Waals surface area contributed by atoms with E-state index in [1.165, 1.54) is 18.6 Å². The van der Waals surface area contributed by atoms with E-state index in [2.05, 4.69) is 19.7 Å². The Labute approximate surface area is 172 Å². The molecule has 5 rings (SSSR count). The first kappa shape index (κ1) is 20.0. The highest BCUT2D eigenvalue weighted by Gasteiger charge is 2.37. The van der Waals surface area contributed by atoms with Crippen LogP contribution in [0.4, 0.5) is 4.39 Å². The molecule has 1 amide bonds. The van der Waals surface area contributed by atoms with Crippen LogP contribution in [0.2, 0.25) is 0 Å². The Morgan fingerprint density at radius 1 is 1.14 bits per heavy atom. The molecular formula is C23H29FN4O. The molecule has 0 saturated carbocycles. The summed E-state index contributed by atoms with van der Waals surface area (Å²) in [5, 5.41) is 0. The zero-order valence-electron chi connectivity index (χ0n) is 17.0. The fourth-order valence-corrected chi connectivity index (χ4v) is 4.64. The van der Waals surface area contributed by atoms with Crippen molar-refractivity contribution in [2.75, 3.05) is 33.2 Å². The lowest BCUT2D eigenvalue weighted by Gasteiger charge is -2.37. The van der Waals surface area contributed by atoms with Crippen LogP contribution in [-0.4, -0.2) is 64.9 Å². The first-order valence-corrected chi connectivity index (χ1v) is 10.4. The summed E-state index contributed by atoms with van der Waals surface area (Å²) in [4.78, 5) is 23.8. The molecular weight excluding hydrogens is 367 g/mol. The first-order valence-electron chi connectivity index (χ1n) is 10.4. The molecule has 3 saturated heterocycles. The zero-order valence-corrected chi connectivity index (χ0v) is 17.0. The fraction of sp³-hybridized carbons (Fsp3) is 0.478. The summed E-state index contributed by atoms with van der Waals surface area (Å²) in [6.07, 6.45) is 5.87. The van der Waals surface area contributed by atoms with Gasteiger partial charge in [0.05, 0.1) is 6.54 Å². The molecule has 1 aromatic heterocycles. The van der Waals surface area contributed by atoms with Crippen molar-refractivity contribution in [3.05, 3.63) is 65.7 Å². The number of aromatic nitrogens is 1. The van der Waals surface area contributed by atoms with Gasteiger partial charge in [-0.15, -0.1) is 0 Å². The molecule has 3 aliphatic rings. The maximum Gasteiger partial charge on any atom is 0.237 e. The van der Waals surface area contributed by atoms with E-state index in [0.717, 1.165) is 50.3 Å². The SMILES string of the molecule is CN(CC(=O)N1C[C@H]2CC[C@@H]1CN(Cc1ccc(F)cc1)C2)Cc1cccnc1. The van der Waals surface area contributed by atoms with Crippen molar-refractivity contribution in [3.63, 3.8) is 0 Å². The number of halogens is 1. The molecule has 1 aromatic carbocycles. The number of hydrogen-bond donors (Lipinski definition) is 0. The summed E-state index contributed by atoms with van der Waals surface area (Å²) in [5.41, 5.74) is 2.24. The third kappa shape index (κ3) is 5.19. The lowest BCUT2D eigenvalue weighted by atomic mass is 9.95. The van der Waals surface area contributed by atoms with Gasteiger partial charge in [0, 0.05) is 51.2 Å². The molecule has 3 aliphatic heterocycles. The summed E-state index contributed by atoms with van der Waals surface area (Å²) < 4.78 is 13.2. The number of fused-ring (bicyclic) bond motifs is 4. The summed E-state index contributed by atoms with van der Waals surface area (Å²) in [6, 6.07) is 11.0. The molecule has 2 atom stereocenters. The number of hydrogen-bond acceptors (Lipinski definition) is 4. The monoisotopic (exact) mass is 396 g/mol. The second kappa shape index (κ2) is 9.01. The highest BCUT2D eigenvalue weighted by Crippen LogP contribution is 2.29. The van der Waals surface area contributed by atoms with Gasteiger partial charge >= 0.3 is 0 Å². The topological polar surface area (TPSA) is 39.7 Å². The Morgan fingerprint density at radius 3 is 2.72 bits per heavy atom. The van der Waals surface area contributed by atoms with Crippen LogP contribution in [0.5, 0.6) is 0 Å². The molecule has 154 valence electrons. The molecule has 0 aliphatic carbocycles. The summed E-state index contributed by atoms with van der Waals surface area (Å²) in [6.45, 7) is 4.71. The van der Waals surface area contributed by atoms with E-state index in [-0.39, 0.29) is 17.8 Å². The van der Waals surface area contributed by atoms with E-state index in [9.17, 15) is 9.18 Å². The minimum atomic E-state index is -0.197. The van der Waals surface area contributed by atoms with Crippen LogP contribution in [0.3, 0.4) is 0 Å². The molecule has 4 heterocycles. The summed E-state index contributed by atoms with van der Waals surface area (Å²) in [7, 11) is 1.99. The van der Waals surface area contributed by atoms with Crippen LogP contribution in [0.1, 0.15) is 24.0 Å². The second-order valence-corrected chi connectivity index (χ2v) is 8.50. The van der Waals surface area contributed by atoms with E-state index in [4.69, 9.17) is 0 Å². The normalized spacial score (nSPS) is 22.1. The van der Waals surface area contributed by atoms with Crippen LogP contribution in [0, 0.1) is 11.7 Å². The molecule has 2 bridgehead atoms. The number of piperidine rings is 1. The minimum absolute atomic E-state index is 0.197. The van der Waals surface area contributed by atoms with Gasteiger partial charge < -0.3 is 4.90 Å². The maximum absolute atomic E-state index is 13.2.